The van der Waals surface area contributed by atoms with Crippen molar-refractivity contribution in [2.45, 2.75) is 57.9 Å². The van der Waals surface area contributed by atoms with Crippen LogP contribution in [0.5, 0.6) is 0 Å². The highest BCUT2D eigenvalue weighted by Gasteiger charge is 2.28. The van der Waals surface area contributed by atoms with Crippen LogP contribution in [-0.2, 0) is 4.79 Å². The van der Waals surface area contributed by atoms with E-state index in [1.165, 1.54) is 24.9 Å². The first-order chi connectivity index (χ1) is 11.3. The van der Waals surface area contributed by atoms with E-state index in [2.05, 4.69) is 47.5 Å². The molecule has 3 rings (SSSR count). The van der Waals surface area contributed by atoms with Crippen LogP contribution in [0.2, 0.25) is 0 Å². The fourth-order valence-corrected chi connectivity index (χ4v) is 4.12. The second kappa shape index (κ2) is 7.85. The SMILES string of the molecule is CCC1CCC(C(=O)N[C@H]2CCCN(c3ccccc3)C2)CC1. The normalized spacial score (nSPS) is 28.4. The molecule has 2 fully saturated rings. The Morgan fingerprint density at radius 1 is 1.13 bits per heavy atom. The lowest BCUT2D eigenvalue weighted by Crippen LogP contribution is -2.49. The highest BCUT2D eigenvalue weighted by Crippen LogP contribution is 2.31. The van der Waals surface area contributed by atoms with E-state index < -0.39 is 0 Å². The van der Waals surface area contributed by atoms with Crippen LogP contribution in [-0.4, -0.2) is 25.0 Å². The number of carbonyl (C=O) groups excluding carboxylic acids is 1. The van der Waals surface area contributed by atoms with Crippen LogP contribution in [0.3, 0.4) is 0 Å². The largest absolute Gasteiger partial charge is 0.369 e. The molecule has 0 aromatic heterocycles. The standard InChI is InChI=1S/C20H30N2O/c1-2-16-10-12-17(13-11-16)20(23)21-18-7-6-14-22(15-18)19-8-4-3-5-9-19/h3-5,8-9,16-18H,2,6-7,10-15H2,1H3,(H,21,23)/t16?,17?,18-/m0/s1. The fourth-order valence-electron chi connectivity index (χ4n) is 4.12. The quantitative estimate of drug-likeness (QED) is 0.911. The number of nitrogens with zero attached hydrogens (tertiary/aromatic N) is 1. The van der Waals surface area contributed by atoms with E-state index in [0.29, 0.717) is 11.9 Å². The smallest absolute Gasteiger partial charge is 0.223 e. The van der Waals surface area contributed by atoms with Gasteiger partial charge in [-0.25, -0.2) is 0 Å². The Hall–Kier alpha value is -1.51. The zero-order valence-corrected chi connectivity index (χ0v) is 14.3. The molecule has 3 nitrogen and oxygen atoms in total. The summed E-state index contributed by atoms with van der Waals surface area (Å²) in [6.45, 7) is 4.31. The lowest BCUT2D eigenvalue weighted by atomic mass is 9.80. The van der Waals surface area contributed by atoms with E-state index in [4.69, 9.17) is 0 Å². The monoisotopic (exact) mass is 314 g/mol. The summed E-state index contributed by atoms with van der Waals surface area (Å²) in [6.07, 6.45) is 8.16. The van der Waals surface area contributed by atoms with E-state index in [1.807, 2.05) is 0 Å². The summed E-state index contributed by atoms with van der Waals surface area (Å²) in [6, 6.07) is 10.9. The maximum atomic E-state index is 12.6. The van der Waals surface area contributed by atoms with Crippen molar-refractivity contribution in [2.24, 2.45) is 11.8 Å². The van der Waals surface area contributed by atoms with Gasteiger partial charge in [0, 0.05) is 30.7 Å². The molecule has 0 bridgehead atoms. The first-order valence-corrected chi connectivity index (χ1v) is 9.36. The van der Waals surface area contributed by atoms with Gasteiger partial charge in [0.05, 0.1) is 0 Å². The van der Waals surface area contributed by atoms with Crippen molar-refractivity contribution in [3.8, 4) is 0 Å². The van der Waals surface area contributed by atoms with Crippen molar-refractivity contribution in [1.82, 2.24) is 5.32 Å². The molecule has 0 unspecified atom stereocenters. The average molecular weight is 314 g/mol. The van der Waals surface area contributed by atoms with Crippen molar-refractivity contribution in [3.05, 3.63) is 30.3 Å². The Morgan fingerprint density at radius 2 is 1.87 bits per heavy atom. The lowest BCUT2D eigenvalue weighted by molar-refractivity contribution is -0.127. The minimum Gasteiger partial charge on any atom is -0.369 e. The first kappa shape index (κ1) is 16.4. The molecule has 1 aromatic carbocycles. The number of carbonyl (C=O) groups is 1. The van der Waals surface area contributed by atoms with Gasteiger partial charge in [-0.1, -0.05) is 31.5 Å². The van der Waals surface area contributed by atoms with Gasteiger partial charge in [0.1, 0.15) is 0 Å². The summed E-state index contributed by atoms with van der Waals surface area (Å²) < 4.78 is 0. The number of nitrogens with one attached hydrogen (secondary N) is 1. The minimum absolute atomic E-state index is 0.255. The first-order valence-electron chi connectivity index (χ1n) is 9.36. The fraction of sp³-hybridized carbons (Fsp3) is 0.650. The Labute approximate surface area is 140 Å². The summed E-state index contributed by atoms with van der Waals surface area (Å²) in [4.78, 5) is 15.0. The number of amides is 1. The van der Waals surface area contributed by atoms with Crippen molar-refractivity contribution in [2.75, 3.05) is 18.0 Å². The number of hydrogen-bond acceptors (Lipinski definition) is 2. The zero-order chi connectivity index (χ0) is 16.1. The summed E-state index contributed by atoms with van der Waals surface area (Å²) in [5.41, 5.74) is 1.27. The summed E-state index contributed by atoms with van der Waals surface area (Å²) >= 11 is 0. The van der Waals surface area contributed by atoms with Crippen molar-refractivity contribution >= 4 is 11.6 Å². The van der Waals surface area contributed by atoms with Crippen LogP contribution >= 0.6 is 0 Å². The van der Waals surface area contributed by atoms with Crippen LogP contribution in [0.25, 0.3) is 0 Å². The molecule has 23 heavy (non-hydrogen) atoms. The minimum atomic E-state index is 0.255. The predicted octanol–water partition coefficient (Wildman–Crippen LogP) is 3.99. The molecule has 1 saturated carbocycles. The molecular weight excluding hydrogens is 284 g/mol. The van der Waals surface area contributed by atoms with Gasteiger partial charge in [-0.15, -0.1) is 0 Å². The van der Waals surface area contributed by atoms with Gasteiger partial charge in [-0.3, -0.25) is 4.79 Å². The van der Waals surface area contributed by atoms with Gasteiger partial charge >= 0.3 is 0 Å². The molecular formula is C20H30N2O. The van der Waals surface area contributed by atoms with E-state index >= 15 is 0 Å². The maximum absolute atomic E-state index is 12.6. The van der Waals surface area contributed by atoms with Gasteiger partial charge < -0.3 is 10.2 Å². The number of piperidine rings is 1. The zero-order valence-electron chi connectivity index (χ0n) is 14.3. The van der Waals surface area contributed by atoms with E-state index in [-0.39, 0.29) is 5.92 Å². The number of anilines is 1. The molecule has 3 heteroatoms. The molecule has 1 aliphatic carbocycles. The summed E-state index contributed by atoms with van der Waals surface area (Å²) in [5, 5.41) is 3.34. The second-order valence-corrected chi connectivity index (χ2v) is 7.26. The molecule has 1 aliphatic heterocycles. The summed E-state index contributed by atoms with van der Waals surface area (Å²) in [5.74, 6) is 1.41. The highest BCUT2D eigenvalue weighted by molar-refractivity contribution is 5.79. The van der Waals surface area contributed by atoms with Crippen molar-refractivity contribution in [1.29, 1.82) is 0 Å². The van der Waals surface area contributed by atoms with Gasteiger partial charge in [-0.05, 0) is 56.6 Å². The van der Waals surface area contributed by atoms with Gasteiger partial charge in [0.2, 0.25) is 5.91 Å². The number of para-hydroxylation sites is 1. The Kier molecular flexibility index (Phi) is 5.58. The Balaban J connectivity index is 1.51. The van der Waals surface area contributed by atoms with E-state index in [1.54, 1.807) is 0 Å². The average Bonchev–Trinajstić information content (AvgIpc) is 2.63. The van der Waals surface area contributed by atoms with Crippen molar-refractivity contribution in [3.63, 3.8) is 0 Å². The van der Waals surface area contributed by atoms with Crippen LogP contribution in [0.4, 0.5) is 5.69 Å². The van der Waals surface area contributed by atoms with Crippen LogP contribution in [0, 0.1) is 11.8 Å². The number of benzene rings is 1. The van der Waals surface area contributed by atoms with E-state index in [0.717, 1.165) is 44.7 Å². The molecule has 126 valence electrons. The third-order valence-corrected chi connectivity index (χ3v) is 5.68. The Morgan fingerprint density at radius 3 is 2.57 bits per heavy atom. The Bertz CT molecular complexity index is 494. The van der Waals surface area contributed by atoms with Gasteiger partial charge in [-0.2, -0.15) is 0 Å². The predicted molar refractivity (Wildman–Crippen MR) is 95.6 cm³/mol. The van der Waals surface area contributed by atoms with Gasteiger partial charge in [0.15, 0.2) is 0 Å². The van der Waals surface area contributed by atoms with Gasteiger partial charge in [0.25, 0.3) is 0 Å². The molecule has 1 atom stereocenters. The molecule has 1 N–H and O–H groups in total. The van der Waals surface area contributed by atoms with Crippen molar-refractivity contribution < 1.29 is 4.79 Å². The molecule has 1 aromatic rings. The number of rotatable bonds is 4. The molecule has 1 heterocycles. The second-order valence-electron chi connectivity index (χ2n) is 7.26. The maximum Gasteiger partial charge on any atom is 0.223 e. The summed E-state index contributed by atoms with van der Waals surface area (Å²) in [7, 11) is 0. The molecule has 1 amide bonds. The third kappa shape index (κ3) is 4.27. The molecule has 1 saturated heterocycles. The topological polar surface area (TPSA) is 32.3 Å². The molecule has 2 aliphatic rings. The van der Waals surface area contributed by atoms with E-state index in [9.17, 15) is 4.79 Å². The van der Waals surface area contributed by atoms with Crippen LogP contribution in [0.15, 0.2) is 30.3 Å². The number of hydrogen-bond donors (Lipinski definition) is 1. The lowest BCUT2D eigenvalue weighted by Gasteiger charge is -2.36. The third-order valence-electron chi connectivity index (χ3n) is 5.68. The highest BCUT2D eigenvalue weighted by atomic mass is 16.1. The molecule has 0 radical (unpaired) electrons. The van der Waals surface area contributed by atoms with Crippen LogP contribution in [0.1, 0.15) is 51.9 Å². The molecule has 0 spiro atoms. The van der Waals surface area contributed by atoms with Crippen LogP contribution < -0.4 is 10.2 Å².